The summed E-state index contributed by atoms with van der Waals surface area (Å²) in [6.45, 7) is 5.44. The lowest BCUT2D eigenvalue weighted by Crippen LogP contribution is -2.51. The third kappa shape index (κ3) is 3.45. The smallest absolute Gasteiger partial charge is 0.243 e. The fourth-order valence-corrected chi connectivity index (χ4v) is 5.05. The van der Waals surface area contributed by atoms with Crippen molar-refractivity contribution < 1.29 is 13.2 Å². The van der Waals surface area contributed by atoms with Crippen LogP contribution in [0.2, 0.25) is 0 Å². The van der Waals surface area contributed by atoms with E-state index < -0.39 is 16.1 Å². The van der Waals surface area contributed by atoms with Crippen LogP contribution in [0.1, 0.15) is 39.5 Å². The van der Waals surface area contributed by atoms with Crippen LogP contribution >= 0.6 is 0 Å². The van der Waals surface area contributed by atoms with E-state index >= 15 is 0 Å². The van der Waals surface area contributed by atoms with Crippen LogP contribution in [-0.2, 0) is 21.4 Å². The van der Waals surface area contributed by atoms with Crippen molar-refractivity contribution in [3.8, 4) is 0 Å². The van der Waals surface area contributed by atoms with Gasteiger partial charge in [-0.2, -0.15) is 4.31 Å². The lowest BCUT2D eigenvalue weighted by molar-refractivity contribution is -0.125. The summed E-state index contributed by atoms with van der Waals surface area (Å²) < 4.78 is 29.4. The maximum absolute atomic E-state index is 13.2. The number of nitrogens with one attached hydrogen (secondary N) is 1. The maximum atomic E-state index is 13.2. The first-order valence-corrected chi connectivity index (χ1v) is 10.6. The summed E-state index contributed by atoms with van der Waals surface area (Å²) >= 11 is 0. The van der Waals surface area contributed by atoms with Crippen LogP contribution < -0.4 is 5.32 Å². The predicted molar refractivity (Wildman–Crippen MR) is 98.0 cm³/mol. The van der Waals surface area contributed by atoms with Crippen molar-refractivity contribution in [3.63, 3.8) is 0 Å². The molecule has 0 spiro atoms. The zero-order valence-corrected chi connectivity index (χ0v) is 16.0. The summed E-state index contributed by atoms with van der Waals surface area (Å²) in [6, 6.07) is 4.22. The van der Waals surface area contributed by atoms with Gasteiger partial charge in [-0.15, -0.1) is 5.10 Å². The molecule has 1 aliphatic rings. The molecule has 2 aromatic rings. The second-order valence-electron chi connectivity index (χ2n) is 6.49. The summed E-state index contributed by atoms with van der Waals surface area (Å²) in [7, 11) is -3.77. The van der Waals surface area contributed by atoms with Crippen molar-refractivity contribution in [2.75, 3.05) is 13.1 Å². The van der Waals surface area contributed by atoms with Crippen molar-refractivity contribution in [1.82, 2.24) is 24.6 Å². The second kappa shape index (κ2) is 7.71. The number of amides is 1. The fourth-order valence-electron chi connectivity index (χ4n) is 3.37. The average Bonchev–Trinajstić information content (AvgIpc) is 3.04. The number of carbonyl (C=O) groups is 1. The first-order valence-electron chi connectivity index (χ1n) is 9.11. The van der Waals surface area contributed by atoms with E-state index in [0.29, 0.717) is 25.0 Å². The Hall–Kier alpha value is -2.00. The topological polar surface area (TPSA) is 97.2 Å². The standard InChI is InChI=1S/C17H25N5O3S/c1-3-10-21-15-9-8-13(12-14(15)19-20-21)26(24,25)22-11-6-5-7-16(22)17(23)18-4-2/h8-9,12,16H,3-7,10-11H2,1-2H3,(H,18,23). The highest BCUT2D eigenvalue weighted by Gasteiger charge is 2.37. The van der Waals surface area contributed by atoms with Crippen LogP contribution in [0, 0.1) is 0 Å². The number of hydrogen-bond donors (Lipinski definition) is 1. The van der Waals surface area contributed by atoms with E-state index in [1.165, 1.54) is 4.31 Å². The van der Waals surface area contributed by atoms with E-state index in [9.17, 15) is 13.2 Å². The SMILES string of the molecule is CCCn1nnc2cc(S(=O)(=O)N3CCCCC3C(=O)NCC)ccc21. The van der Waals surface area contributed by atoms with Gasteiger partial charge < -0.3 is 5.32 Å². The Labute approximate surface area is 153 Å². The number of aromatic nitrogens is 3. The van der Waals surface area contributed by atoms with E-state index in [-0.39, 0.29) is 10.8 Å². The fraction of sp³-hybridized carbons (Fsp3) is 0.588. The monoisotopic (exact) mass is 379 g/mol. The normalized spacial score (nSPS) is 18.9. The number of carbonyl (C=O) groups excluding carboxylic acids is 1. The molecule has 1 atom stereocenters. The third-order valence-electron chi connectivity index (χ3n) is 4.63. The van der Waals surface area contributed by atoms with Gasteiger partial charge in [-0.3, -0.25) is 4.79 Å². The molecule has 0 radical (unpaired) electrons. The van der Waals surface area contributed by atoms with Crippen molar-refractivity contribution in [1.29, 1.82) is 0 Å². The number of hydrogen-bond acceptors (Lipinski definition) is 5. The quantitative estimate of drug-likeness (QED) is 0.821. The van der Waals surface area contributed by atoms with Crippen molar-refractivity contribution in [2.24, 2.45) is 0 Å². The second-order valence-corrected chi connectivity index (χ2v) is 8.38. The summed E-state index contributed by atoms with van der Waals surface area (Å²) in [4.78, 5) is 12.5. The van der Waals surface area contributed by atoms with Crippen LogP contribution in [0.15, 0.2) is 23.1 Å². The molecule has 1 amide bonds. The molecule has 142 valence electrons. The van der Waals surface area contributed by atoms with Crippen LogP contribution in [0.4, 0.5) is 0 Å². The molecule has 0 saturated carbocycles. The van der Waals surface area contributed by atoms with E-state index in [1.807, 2.05) is 13.8 Å². The lowest BCUT2D eigenvalue weighted by atomic mass is 10.0. The van der Waals surface area contributed by atoms with Gasteiger partial charge >= 0.3 is 0 Å². The Kier molecular flexibility index (Phi) is 5.57. The van der Waals surface area contributed by atoms with Crippen LogP contribution in [-0.4, -0.2) is 52.8 Å². The summed E-state index contributed by atoms with van der Waals surface area (Å²) in [5.74, 6) is -0.231. The Morgan fingerprint density at radius 2 is 2.12 bits per heavy atom. The van der Waals surface area contributed by atoms with Crippen LogP contribution in [0.25, 0.3) is 11.0 Å². The molecule has 2 heterocycles. The number of nitrogens with zero attached hydrogens (tertiary/aromatic N) is 4. The van der Waals surface area contributed by atoms with Crippen molar-refractivity contribution in [2.45, 2.75) is 57.0 Å². The van der Waals surface area contributed by atoms with E-state index in [4.69, 9.17) is 0 Å². The Morgan fingerprint density at radius 3 is 2.85 bits per heavy atom. The number of aryl methyl sites for hydroxylation is 1. The molecule has 0 aliphatic carbocycles. The van der Waals surface area contributed by atoms with Crippen LogP contribution in [0.3, 0.4) is 0 Å². The van der Waals surface area contributed by atoms with Gasteiger partial charge in [0.15, 0.2) is 0 Å². The first-order chi connectivity index (χ1) is 12.5. The summed E-state index contributed by atoms with van der Waals surface area (Å²) in [5.41, 5.74) is 1.36. The highest BCUT2D eigenvalue weighted by atomic mass is 32.2. The number of benzene rings is 1. The molecule has 9 heteroatoms. The number of fused-ring (bicyclic) bond motifs is 1. The zero-order valence-electron chi connectivity index (χ0n) is 15.2. The molecule has 1 saturated heterocycles. The number of sulfonamides is 1. The molecule has 1 fully saturated rings. The third-order valence-corrected chi connectivity index (χ3v) is 6.54. The molecular weight excluding hydrogens is 354 g/mol. The van der Waals surface area contributed by atoms with Crippen LogP contribution in [0.5, 0.6) is 0 Å². The van der Waals surface area contributed by atoms with Crippen molar-refractivity contribution >= 4 is 27.0 Å². The molecule has 1 aliphatic heterocycles. The molecule has 8 nitrogen and oxygen atoms in total. The molecule has 1 aromatic heterocycles. The lowest BCUT2D eigenvalue weighted by Gasteiger charge is -2.33. The number of rotatable bonds is 6. The van der Waals surface area contributed by atoms with E-state index in [2.05, 4.69) is 15.6 Å². The molecule has 0 bridgehead atoms. The first kappa shape index (κ1) is 18.8. The average molecular weight is 379 g/mol. The Bertz CT molecular complexity index is 893. The van der Waals surface area contributed by atoms with E-state index in [0.717, 1.165) is 31.3 Å². The summed E-state index contributed by atoms with van der Waals surface area (Å²) in [5, 5.41) is 10.9. The maximum Gasteiger partial charge on any atom is 0.243 e. The van der Waals surface area contributed by atoms with Gasteiger partial charge in [0.25, 0.3) is 0 Å². The summed E-state index contributed by atoms with van der Waals surface area (Å²) in [6.07, 6.45) is 3.06. The van der Waals surface area contributed by atoms with E-state index in [1.54, 1.807) is 22.9 Å². The van der Waals surface area contributed by atoms with Gasteiger partial charge in [0.1, 0.15) is 11.6 Å². The minimum absolute atomic E-state index is 0.157. The number of piperidine rings is 1. The van der Waals surface area contributed by atoms with Crippen molar-refractivity contribution in [3.05, 3.63) is 18.2 Å². The van der Waals surface area contributed by atoms with Gasteiger partial charge in [-0.25, -0.2) is 13.1 Å². The Morgan fingerprint density at radius 1 is 1.31 bits per heavy atom. The van der Waals surface area contributed by atoms with Gasteiger partial charge in [-0.05, 0) is 44.4 Å². The highest BCUT2D eigenvalue weighted by molar-refractivity contribution is 7.89. The minimum atomic E-state index is -3.77. The van der Waals surface area contributed by atoms with Gasteiger partial charge in [-0.1, -0.05) is 18.6 Å². The van der Waals surface area contributed by atoms with Gasteiger partial charge in [0.05, 0.1) is 10.4 Å². The minimum Gasteiger partial charge on any atom is -0.355 e. The van der Waals surface area contributed by atoms with Gasteiger partial charge in [0, 0.05) is 19.6 Å². The number of likely N-dealkylation sites (N-methyl/N-ethyl adjacent to an activating group) is 1. The van der Waals surface area contributed by atoms with Gasteiger partial charge in [0.2, 0.25) is 15.9 Å². The predicted octanol–water partition coefficient (Wildman–Crippen LogP) is 1.52. The largest absolute Gasteiger partial charge is 0.355 e. The Balaban J connectivity index is 1.95. The molecule has 1 unspecified atom stereocenters. The molecule has 3 rings (SSSR count). The molecule has 26 heavy (non-hydrogen) atoms. The highest BCUT2D eigenvalue weighted by Crippen LogP contribution is 2.27. The molecule has 1 aromatic carbocycles. The zero-order chi connectivity index (χ0) is 18.7. The molecular formula is C17H25N5O3S. The molecule has 1 N–H and O–H groups in total.